The fourth-order valence-corrected chi connectivity index (χ4v) is 3.90. The Kier molecular flexibility index (Phi) is 9.84. The molecular weight excluding hydrogens is 460 g/mol. The third-order valence-corrected chi connectivity index (χ3v) is 6.04. The van der Waals surface area contributed by atoms with E-state index in [9.17, 15) is 14.4 Å². The Morgan fingerprint density at radius 1 is 1.22 bits per heavy atom. The molecule has 196 valence electrons. The van der Waals surface area contributed by atoms with E-state index in [0.29, 0.717) is 69.3 Å². The maximum atomic E-state index is 12.9. The second-order valence-corrected chi connectivity index (χ2v) is 9.76. The minimum atomic E-state index is -0.716. The quantitative estimate of drug-likeness (QED) is 0.671. The van der Waals surface area contributed by atoms with Crippen LogP contribution in [0.3, 0.4) is 0 Å². The number of ether oxygens (including phenoxy) is 1. The summed E-state index contributed by atoms with van der Waals surface area (Å²) in [6, 6.07) is 4.65. The highest BCUT2D eigenvalue weighted by atomic mass is 16.5. The number of aryl methyl sites for hydroxylation is 2. The van der Waals surface area contributed by atoms with Gasteiger partial charge in [-0.1, -0.05) is 25.1 Å². The summed E-state index contributed by atoms with van der Waals surface area (Å²) in [4.78, 5) is 40.1. The Bertz CT molecular complexity index is 1050. The van der Waals surface area contributed by atoms with Crippen molar-refractivity contribution in [3.8, 4) is 5.75 Å². The molecule has 1 aromatic heterocycles. The minimum absolute atomic E-state index is 0.0672. The van der Waals surface area contributed by atoms with E-state index >= 15 is 0 Å². The maximum absolute atomic E-state index is 12.9. The Morgan fingerprint density at radius 3 is 2.81 bits per heavy atom. The first-order valence-electron chi connectivity index (χ1n) is 12.7. The van der Waals surface area contributed by atoms with Crippen LogP contribution in [0.1, 0.15) is 68.1 Å². The molecule has 3 rings (SSSR count). The number of amides is 3. The summed E-state index contributed by atoms with van der Waals surface area (Å²) >= 11 is 0. The molecular formula is C26H38N6O4. The zero-order valence-corrected chi connectivity index (χ0v) is 21.7. The second kappa shape index (κ2) is 13.0. The Morgan fingerprint density at radius 2 is 2.03 bits per heavy atom. The van der Waals surface area contributed by atoms with Crippen LogP contribution < -0.4 is 15.4 Å². The maximum Gasteiger partial charge on any atom is 0.255 e. The van der Waals surface area contributed by atoms with Gasteiger partial charge in [0.15, 0.2) is 0 Å². The van der Waals surface area contributed by atoms with Crippen molar-refractivity contribution in [2.45, 2.75) is 72.5 Å². The first-order chi connectivity index (χ1) is 17.2. The molecule has 1 atom stereocenters. The molecule has 0 spiro atoms. The van der Waals surface area contributed by atoms with Gasteiger partial charge in [-0.25, -0.2) is 0 Å². The molecule has 2 heterocycles. The van der Waals surface area contributed by atoms with Crippen molar-refractivity contribution < 1.29 is 19.1 Å². The lowest BCUT2D eigenvalue weighted by Gasteiger charge is -2.22. The van der Waals surface area contributed by atoms with E-state index in [0.717, 1.165) is 17.7 Å². The molecule has 2 aromatic rings. The van der Waals surface area contributed by atoms with E-state index < -0.39 is 6.04 Å². The molecule has 0 aliphatic carbocycles. The second-order valence-electron chi connectivity index (χ2n) is 9.76. The number of carbonyl (C=O) groups is 3. The van der Waals surface area contributed by atoms with Gasteiger partial charge in [0, 0.05) is 32.5 Å². The highest BCUT2D eigenvalue weighted by Crippen LogP contribution is 2.21. The largest absolute Gasteiger partial charge is 0.493 e. The van der Waals surface area contributed by atoms with Crippen molar-refractivity contribution in [3.05, 3.63) is 41.2 Å². The van der Waals surface area contributed by atoms with Gasteiger partial charge in [0.1, 0.15) is 17.5 Å². The summed E-state index contributed by atoms with van der Waals surface area (Å²) in [6.45, 7) is 10.0. The molecule has 3 amide bonds. The van der Waals surface area contributed by atoms with Gasteiger partial charge >= 0.3 is 0 Å². The zero-order chi connectivity index (χ0) is 26.1. The number of nitrogens with one attached hydrogen (secondary N) is 2. The van der Waals surface area contributed by atoms with Gasteiger partial charge in [-0.2, -0.15) is 0 Å². The number of nitrogens with zero attached hydrogens (tertiary/aromatic N) is 4. The van der Waals surface area contributed by atoms with Gasteiger partial charge in [-0.15, -0.1) is 5.10 Å². The van der Waals surface area contributed by atoms with E-state index in [4.69, 9.17) is 4.74 Å². The monoisotopic (exact) mass is 498 g/mol. The Balaban J connectivity index is 1.75. The van der Waals surface area contributed by atoms with Gasteiger partial charge in [-0.05, 0) is 50.3 Å². The number of fused-ring (bicyclic) bond motifs is 3. The van der Waals surface area contributed by atoms with Crippen LogP contribution in [0.25, 0.3) is 0 Å². The predicted octanol–water partition coefficient (Wildman–Crippen LogP) is 2.46. The number of aromatic nitrogens is 3. The highest BCUT2D eigenvalue weighted by molar-refractivity contribution is 5.99. The Hall–Kier alpha value is -3.43. The number of hydrogen-bond acceptors (Lipinski definition) is 6. The third-order valence-electron chi connectivity index (χ3n) is 6.04. The smallest absolute Gasteiger partial charge is 0.255 e. The normalized spacial score (nSPS) is 18.2. The van der Waals surface area contributed by atoms with Crippen LogP contribution in [0.5, 0.6) is 5.75 Å². The number of benzene rings is 1. The van der Waals surface area contributed by atoms with Crippen molar-refractivity contribution in [1.82, 2.24) is 30.5 Å². The molecule has 0 fully saturated rings. The van der Waals surface area contributed by atoms with Crippen LogP contribution in [-0.2, 0) is 22.7 Å². The van der Waals surface area contributed by atoms with Crippen molar-refractivity contribution in [3.63, 3.8) is 0 Å². The third kappa shape index (κ3) is 8.07. The van der Waals surface area contributed by atoms with Crippen LogP contribution in [0, 0.1) is 12.8 Å². The molecule has 2 bridgehead atoms. The molecule has 1 aliphatic rings. The van der Waals surface area contributed by atoms with Gasteiger partial charge in [0.2, 0.25) is 11.8 Å². The molecule has 36 heavy (non-hydrogen) atoms. The van der Waals surface area contributed by atoms with Crippen LogP contribution in [0.4, 0.5) is 0 Å². The molecule has 0 unspecified atom stereocenters. The number of rotatable bonds is 3. The molecule has 1 aromatic carbocycles. The van der Waals surface area contributed by atoms with Crippen LogP contribution in [0.2, 0.25) is 0 Å². The van der Waals surface area contributed by atoms with E-state index in [-0.39, 0.29) is 17.7 Å². The SMILES string of the molecule is Cc1ccc2c(c1)OCCCn1cc(nn1)CN(C(=O)CCC(C)C)CCCNC(=O)[C@@H](C)NC2=O. The molecule has 1 aliphatic heterocycles. The fraction of sp³-hybridized carbons (Fsp3) is 0.577. The number of hydrogen-bond donors (Lipinski definition) is 2. The highest BCUT2D eigenvalue weighted by Gasteiger charge is 2.20. The standard InChI is InChI=1S/C26H38N6O4/c1-18(2)7-10-24(33)31-12-5-11-27-25(34)20(4)28-26(35)22-9-8-19(3)15-23(22)36-14-6-13-32-17-21(16-31)29-30-32/h8-9,15,17-18,20H,5-7,10-14,16H2,1-4H3,(H,27,34)(H,28,35)/t20-/m1/s1. The van der Waals surface area contributed by atoms with Crippen LogP contribution in [0.15, 0.2) is 24.4 Å². The van der Waals surface area contributed by atoms with Crippen molar-refractivity contribution >= 4 is 17.7 Å². The molecule has 0 saturated carbocycles. The predicted molar refractivity (Wildman–Crippen MR) is 135 cm³/mol. The van der Waals surface area contributed by atoms with E-state index in [1.165, 1.54) is 0 Å². The summed E-state index contributed by atoms with van der Waals surface area (Å²) in [7, 11) is 0. The van der Waals surface area contributed by atoms with Gasteiger partial charge in [0.05, 0.1) is 24.9 Å². The molecule has 10 nitrogen and oxygen atoms in total. The van der Waals surface area contributed by atoms with Crippen LogP contribution in [-0.4, -0.2) is 63.4 Å². The lowest BCUT2D eigenvalue weighted by Crippen LogP contribution is -2.45. The molecule has 2 N–H and O–H groups in total. The van der Waals surface area contributed by atoms with Crippen LogP contribution >= 0.6 is 0 Å². The summed E-state index contributed by atoms with van der Waals surface area (Å²) in [5, 5.41) is 14.1. The van der Waals surface area contributed by atoms with Crippen molar-refractivity contribution in [2.24, 2.45) is 5.92 Å². The van der Waals surface area contributed by atoms with Gasteiger partial charge in [0.25, 0.3) is 5.91 Å². The minimum Gasteiger partial charge on any atom is -0.493 e. The van der Waals surface area contributed by atoms with E-state index in [1.54, 1.807) is 22.6 Å². The van der Waals surface area contributed by atoms with Crippen molar-refractivity contribution in [1.29, 1.82) is 0 Å². The zero-order valence-electron chi connectivity index (χ0n) is 21.7. The topological polar surface area (TPSA) is 118 Å². The first kappa shape index (κ1) is 27.2. The summed E-state index contributed by atoms with van der Waals surface area (Å²) in [6.07, 6.45) is 4.39. The number of carbonyl (C=O) groups excluding carboxylic acids is 3. The average Bonchev–Trinajstić information content (AvgIpc) is 3.28. The lowest BCUT2D eigenvalue weighted by atomic mass is 10.1. The average molecular weight is 499 g/mol. The van der Waals surface area contributed by atoms with Gasteiger partial charge in [-0.3, -0.25) is 19.1 Å². The van der Waals surface area contributed by atoms with E-state index in [2.05, 4.69) is 34.8 Å². The van der Waals surface area contributed by atoms with Gasteiger partial charge < -0.3 is 20.3 Å². The lowest BCUT2D eigenvalue weighted by molar-refractivity contribution is -0.132. The summed E-state index contributed by atoms with van der Waals surface area (Å²) < 4.78 is 7.68. The molecule has 0 saturated heterocycles. The molecule has 10 heteroatoms. The van der Waals surface area contributed by atoms with E-state index in [1.807, 2.05) is 25.3 Å². The Labute approximate surface area is 212 Å². The fourth-order valence-electron chi connectivity index (χ4n) is 3.90. The van der Waals surface area contributed by atoms with Crippen molar-refractivity contribution in [2.75, 3.05) is 19.7 Å². The first-order valence-corrected chi connectivity index (χ1v) is 12.7. The summed E-state index contributed by atoms with van der Waals surface area (Å²) in [5.74, 6) is 0.336. The summed E-state index contributed by atoms with van der Waals surface area (Å²) in [5.41, 5.74) is 2.08. The molecule has 0 radical (unpaired) electrons.